The van der Waals surface area contributed by atoms with E-state index in [4.69, 9.17) is 0 Å². The van der Waals surface area contributed by atoms with Gasteiger partial charge in [0.1, 0.15) is 11.6 Å². The number of aliphatic hydroxyl groups excluding tert-OH is 1. The maximum Gasteiger partial charge on any atom is 0.411 e. The van der Waals surface area contributed by atoms with E-state index < -0.39 is 35.3 Å². The Bertz CT molecular complexity index is 785. The maximum absolute atomic E-state index is 14.6. The van der Waals surface area contributed by atoms with Gasteiger partial charge in [0.2, 0.25) is 0 Å². The summed E-state index contributed by atoms with van der Waals surface area (Å²) in [5.74, 6) is -1.92. The van der Waals surface area contributed by atoms with E-state index in [1.54, 1.807) is 18.3 Å². The number of anilines is 2. The highest BCUT2D eigenvalue weighted by Gasteiger charge is 2.34. The molecular weight excluding hydrogens is 320 g/mol. The number of carbonyl (C=O) groups excluding carboxylic acids is 1. The summed E-state index contributed by atoms with van der Waals surface area (Å²) in [5.41, 5.74) is -0.0998. The van der Waals surface area contributed by atoms with Gasteiger partial charge < -0.3 is 15.2 Å². The summed E-state index contributed by atoms with van der Waals surface area (Å²) >= 11 is 0. The molecule has 6 nitrogen and oxygen atoms in total. The van der Waals surface area contributed by atoms with Crippen molar-refractivity contribution in [3.63, 3.8) is 0 Å². The van der Waals surface area contributed by atoms with E-state index >= 15 is 0 Å². The van der Waals surface area contributed by atoms with Gasteiger partial charge in [0.15, 0.2) is 5.82 Å². The van der Waals surface area contributed by atoms with Crippen molar-refractivity contribution in [3.8, 4) is 0 Å². The summed E-state index contributed by atoms with van der Waals surface area (Å²) in [7, 11) is 1.13. The quantitative estimate of drug-likeness (QED) is 0.803. The number of amides is 1. The lowest BCUT2D eigenvalue weighted by Gasteiger charge is -2.20. The predicted octanol–water partition coefficient (Wildman–Crippen LogP) is 2.78. The van der Waals surface area contributed by atoms with Crippen molar-refractivity contribution in [2.75, 3.05) is 24.3 Å². The Morgan fingerprint density at radius 3 is 3.00 bits per heavy atom. The number of aliphatic hydroxyl groups is 1. The van der Waals surface area contributed by atoms with Crippen LogP contribution in [0, 0.1) is 11.6 Å². The molecule has 0 saturated carbocycles. The number of nitrogens with zero attached hydrogens (tertiary/aromatic N) is 1. The molecule has 2 aromatic rings. The number of nitrogens with one attached hydrogen (secondary N) is 2. The third-order valence-electron chi connectivity index (χ3n) is 3.95. The van der Waals surface area contributed by atoms with Crippen LogP contribution in [-0.2, 0) is 4.74 Å². The van der Waals surface area contributed by atoms with Crippen molar-refractivity contribution in [1.82, 2.24) is 4.98 Å². The van der Waals surface area contributed by atoms with Crippen molar-refractivity contribution >= 4 is 17.6 Å². The first kappa shape index (κ1) is 16.1. The molecule has 0 spiro atoms. The Balaban J connectivity index is 1.97. The average Bonchev–Trinajstić information content (AvgIpc) is 3.01. The first-order valence-electron chi connectivity index (χ1n) is 7.22. The van der Waals surface area contributed by atoms with Crippen LogP contribution >= 0.6 is 0 Å². The largest absolute Gasteiger partial charge is 0.453 e. The highest BCUT2D eigenvalue weighted by Crippen LogP contribution is 2.40. The first-order chi connectivity index (χ1) is 11.5. The summed E-state index contributed by atoms with van der Waals surface area (Å²) in [6.45, 7) is 0.293. The number of fused-ring (bicyclic) bond motifs is 1. The minimum atomic E-state index is -1.44. The molecule has 1 aromatic carbocycles. The Morgan fingerprint density at radius 2 is 2.25 bits per heavy atom. The molecule has 0 saturated heterocycles. The van der Waals surface area contributed by atoms with Crippen molar-refractivity contribution in [2.24, 2.45) is 0 Å². The molecule has 2 atom stereocenters. The van der Waals surface area contributed by atoms with E-state index in [0.29, 0.717) is 17.9 Å². The Morgan fingerprint density at radius 1 is 1.46 bits per heavy atom. The zero-order valence-electron chi connectivity index (χ0n) is 12.7. The predicted molar refractivity (Wildman–Crippen MR) is 82.8 cm³/mol. The summed E-state index contributed by atoms with van der Waals surface area (Å²) in [4.78, 5) is 15.4. The van der Waals surface area contributed by atoms with E-state index in [0.717, 1.165) is 19.2 Å². The maximum atomic E-state index is 14.6. The number of ether oxygens (including phenoxy) is 1. The summed E-state index contributed by atoms with van der Waals surface area (Å²) in [6, 6.07) is 5.48. The van der Waals surface area contributed by atoms with Crippen LogP contribution < -0.4 is 10.6 Å². The van der Waals surface area contributed by atoms with Crippen LogP contribution in [0.1, 0.15) is 23.1 Å². The Labute approximate surface area is 136 Å². The van der Waals surface area contributed by atoms with E-state index in [2.05, 4.69) is 20.4 Å². The first-order valence-corrected chi connectivity index (χ1v) is 7.22. The SMILES string of the molecule is COC(=O)Nc1ccc(F)c(C(O)C2CNc3ncccc32)c1F. The highest BCUT2D eigenvalue weighted by molar-refractivity contribution is 5.84. The molecule has 3 N–H and O–H groups in total. The molecular formula is C16H15F2N3O3. The van der Waals surface area contributed by atoms with Gasteiger partial charge in [-0.2, -0.15) is 0 Å². The van der Waals surface area contributed by atoms with Crippen molar-refractivity contribution in [2.45, 2.75) is 12.0 Å². The van der Waals surface area contributed by atoms with Crippen LogP contribution in [0.15, 0.2) is 30.5 Å². The third-order valence-corrected chi connectivity index (χ3v) is 3.95. The number of aromatic nitrogens is 1. The number of carbonyl (C=O) groups is 1. The fourth-order valence-electron chi connectivity index (χ4n) is 2.76. The second kappa shape index (κ2) is 6.40. The van der Waals surface area contributed by atoms with Gasteiger partial charge in [0.25, 0.3) is 0 Å². The molecule has 3 rings (SSSR count). The Kier molecular flexibility index (Phi) is 4.30. The zero-order valence-corrected chi connectivity index (χ0v) is 12.7. The number of halogens is 2. The Hall–Kier alpha value is -2.74. The topological polar surface area (TPSA) is 83.5 Å². The fourth-order valence-corrected chi connectivity index (χ4v) is 2.76. The van der Waals surface area contributed by atoms with Crippen LogP contribution in [0.4, 0.5) is 25.1 Å². The molecule has 24 heavy (non-hydrogen) atoms. The van der Waals surface area contributed by atoms with Gasteiger partial charge in [-0.1, -0.05) is 6.07 Å². The molecule has 2 heterocycles. The smallest absolute Gasteiger partial charge is 0.411 e. The number of rotatable bonds is 3. The summed E-state index contributed by atoms with van der Waals surface area (Å²) in [5, 5.41) is 15.7. The lowest BCUT2D eigenvalue weighted by molar-refractivity contribution is 0.142. The van der Waals surface area contributed by atoms with Crippen LogP contribution in [-0.4, -0.2) is 29.8 Å². The molecule has 0 fully saturated rings. The van der Waals surface area contributed by atoms with Crippen molar-refractivity contribution in [3.05, 3.63) is 53.2 Å². The number of hydrogen-bond donors (Lipinski definition) is 3. The van der Waals surface area contributed by atoms with E-state index in [1.165, 1.54) is 0 Å². The zero-order chi connectivity index (χ0) is 17.3. The molecule has 1 aliphatic rings. The second-order valence-corrected chi connectivity index (χ2v) is 5.31. The van der Waals surface area contributed by atoms with Gasteiger partial charge in [-0.05, 0) is 18.2 Å². The van der Waals surface area contributed by atoms with Crippen LogP contribution in [0.5, 0.6) is 0 Å². The number of hydrogen-bond acceptors (Lipinski definition) is 5. The average molecular weight is 335 g/mol. The molecule has 1 amide bonds. The molecule has 1 aliphatic heterocycles. The van der Waals surface area contributed by atoms with Gasteiger partial charge >= 0.3 is 6.09 Å². The monoisotopic (exact) mass is 335 g/mol. The van der Waals surface area contributed by atoms with Crippen molar-refractivity contribution in [1.29, 1.82) is 0 Å². The molecule has 126 valence electrons. The van der Waals surface area contributed by atoms with Gasteiger partial charge in [-0.3, -0.25) is 5.32 Å². The third kappa shape index (κ3) is 2.76. The molecule has 1 aromatic heterocycles. The van der Waals surface area contributed by atoms with Crippen LogP contribution in [0.25, 0.3) is 0 Å². The minimum Gasteiger partial charge on any atom is -0.453 e. The van der Waals surface area contributed by atoms with Gasteiger partial charge in [-0.15, -0.1) is 0 Å². The molecule has 0 aliphatic carbocycles. The molecule has 2 unspecified atom stereocenters. The summed E-state index contributed by atoms with van der Waals surface area (Å²) in [6.07, 6.45) is -0.747. The van der Waals surface area contributed by atoms with Gasteiger partial charge in [0, 0.05) is 24.2 Å². The standard InChI is InChI=1S/C16H15F2N3O3/c1-24-16(23)21-11-5-4-10(17)12(13(11)18)14(22)9-7-20-15-8(9)3-2-6-19-15/h2-6,9,14,22H,7H2,1H3,(H,19,20)(H,21,23). The normalized spacial score (nSPS) is 16.9. The molecule has 0 radical (unpaired) electrons. The minimum absolute atomic E-state index is 0.269. The number of pyridine rings is 1. The van der Waals surface area contributed by atoms with E-state index in [1.807, 2.05) is 0 Å². The molecule has 8 heteroatoms. The van der Waals surface area contributed by atoms with Gasteiger partial charge in [-0.25, -0.2) is 18.6 Å². The molecule has 0 bridgehead atoms. The fraction of sp³-hybridized carbons (Fsp3) is 0.250. The van der Waals surface area contributed by atoms with Gasteiger partial charge in [0.05, 0.1) is 24.5 Å². The van der Waals surface area contributed by atoms with Crippen LogP contribution in [0.3, 0.4) is 0 Å². The van der Waals surface area contributed by atoms with E-state index in [9.17, 15) is 18.7 Å². The van der Waals surface area contributed by atoms with E-state index in [-0.39, 0.29) is 5.69 Å². The lowest BCUT2D eigenvalue weighted by Crippen LogP contribution is -2.18. The highest BCUT2D eigenvalue weighted by atomic mass is 19.1. The lowest BCUT2D eigenvalue weighted by atomic mass is 9.90. The number of methoxy groups -OCH3 is 1. The number of benzene rings is 1. The van der Waals surface area contributed by atoms with Crippen LogP contribution in [0.2, 0.25) is 0 Å². The van der Waals surface area contributed by atoms with Crippen molar-refractivity contribution < 1.29 is 23.4 Å². The summed E-state index contributed by atoms with van der Waals surface area (Å²) < 4.78 is 33.1. The second-order valence-electron chi connectivity index (χ2n) is 5.31.